The van der Waals surface area contributed by atoms with Gasteiger partial charge >= 0.3 is 0 Å². The molecule has 1 aromatic carbocycles. The van der Waals surface area contributed by atoms with E-state index >= 15 is 0 Å². The van der Waals surface area contributed by atoms with Crippen LogP contribution in [0.3, 0.4) is 0 Å². The van der Waals surface area contributed by atoms with Gasteiger partial charge in [-0.05, 0) is 48.9 Å². The molecule has 1 aromatic rings. The largest absolute Gasteiger partial charge is 0.396 e. The van der Waals surface area contributed by atoms with Gasteiger partial charge in [0.2, 0.25) is 0 Å². The van der Waals surface area contributed by atoms with E-state index < -0.39 is 0 Å². The summed E-state index contributed by atoms with van der Waals surface area (Å²) in [5.74, 6) is 1.10. The molecule has 2 aliphatic rings. The van der Waals surface area contributed by atoms with Crippen LogP contribution < -0.4 is 5.32 Å². The molecule has 0 amide bonds. The molecule has 0 saturated heterocycles. The summed E-state index contributed by atoms with van der Waals surface area (Å²) in [6.45, 7) is 0.274. The SMILES string of the molecule is OCCC[C@H]1Nc2ccc(Cl)cc2[C@H]2C=CC[C@H]21. The second-order valence-electron chi connectivity index (χ2n) is 5.20. The Morgan fingerprint density at radius 1 is 1.39 bits per heavy atom. The Morgan fingerprint density at radius 2 is 2.28 bits per heavy atom. The number of anilines is 1. The average molecular weight is 264 g/mol. The molecule has 0 aromatic heterocycles. The number of aliphatic hydroxyl groups is 1. The topological polar surface area (TPSA) is 32.3 Å². The zero-order chi connectivity index (χ0) is 12.5. The molecule has 1 aliphatic heterocycles. The first-order chi connectivity index (χ1) is 8.79. The first-order valence-electron chi connectivity index (χ1n) is 6.63. The molecule has 2 N–H and O–H groups in total. The van der Waals surface area contributed by atoms with Gasteiger partial charge < -0.3 is 10.4 Å². The first kappa shape index (κ1) is 12.1. The number of benzene rings is 1. The maximum Gasteiger partial charge on any atom is 0.0431 e. The fraction of sp³-hybridized carbons (Fsp3) is 0.467. The van der Waals surface area contributed by atoms with Gasteiger partial charge in [-0.1, -0.05) is 23.8 Å². The molecule has 0 saturated carbocycles. The molecule has 1 aliphatic carbocycles. The highest BCUT2D eigenvalue weighted by molar-refractivity contribution is 6.30. The van der Waals surface area contributed by atoms with Gasteiger partial charge in [-0.3, -0.25) is 0 Å². The number of halogens is 1. The van der Waals surface area contributed by atoms with Crippen molar-refractivity contribution in [3.8, 4) is 0 Å². The Bertz CT molecular complexity index is 472. The minimum absolute atomic E-state index is 0.274. The predicted octanol–water partition coefficient (Wildman–Crippen LogP) is 3.57. The highest BCUT2D eigenvalue weighted by Gasteiger charge is 2.36. The van der Waals surface area contributed by atoms with Crippen molar-refractivity contribution in [3.05, 3.63) is 40.9 Å². The Morgan fingerprint density at radius 3 is 3.11 bits per heavy atom. The Kier molecular flexibility index (Phi) is 3.31. The van der Waals surface area contributed by atoms with E-state index in [1.54, 1.807) is 0 Å². The average Bonchev–Trinajstić information content (AvgIpc) is 2.86. The lowest BCUT2D eigenvalue weighted by molar-refractivity contribution is 0.270. The molecular weight excluding hydrogens is 246 g/mol. The monoisotopic (exact) mass is 263 g/mol. The van der Waals surface area contributed by atoms with Gasteiger partial charge in [0.1, 0.15) is 0 Å². The molecule has 1 heterocycles. The van der Waals surface area contributed by atoms with E-state index in [2.05, 4.69) is 29.6 Å². The van der Waals surface area contributed by atoms with Crippen molar-refractivity contribution in [2.24, 2.45) is 5.92 Å². The van der Waals surface area contributed by atoms with Gasteiger partial charge in [0.25, 0.3) is 0 Å². The van der Waals surface area contributed by atoms with Crippen molar-refractivity contribution >= 4 is 17.3 Å². The Labute approximate surface area is 113 Å². The number of aliphatic hydroxyl groups excluding tert-OH is 1. The van der Waals surface area contributed by atoms with Crippen molar-refractivity contribution in [2.45, 2.75) is 31.2 Å². The van der Waals surface area contributed by atoms with E-state index in [0.717, 1.165) is 24.3 Å². The van der Waals surface area contributed by atoms with Gasteiger partial charge in [-0.2, -0.15) is 0 Å². The van der Waals surface area contributed by atoms with Crippen LogP contribution in [0.5, 0.6) is 0 Å². The quantitative estimate of drug-likeness (QED) is 0.818. The van der Waals surface area contributed by atoms with Crippen molar-refractivity contribution in [1.82, 2.24) is 0 Å². The highest BCUT2D eigenvalue weighted by Crippen LogP contribution is 2.46. The maximum atomic E-state index is 9.01. The summed E-state index contributed by atoms with van der Waals surface area (Å²) < 4.78 is 0. The van der Waals surface area contributed by atoms with E-state index in [0.29, 0.717) is 17.9 Å². The number of hydrogen-bond donors (Lipinski definition) is 2. The van der Waals surface area contributed by atoms with Crippen LogP contribution in [0, 0.1) is 5.92 Å². The number of rotatable bonds is 3. The van der Waals surface area contributed by atoms with Crippen molar-refractivity contribution in [3.63, 3.8) is 0 Å². The first-order valence-corrected chi connectivity index (χ1v) is 7.01. The third kappa shape index (κ3) is 2.04. The van der Waals surface area contributed by atoms with E-state index in [1.165, 1.54) is 11.3 Å². The van der Waals surface area contributed by atoms with E-state index in [9.17, 15) is 0 Å². The zero-order valence-electron chi connectivity index (χ0n) is 10.3. The number of allylic oxidation sites excluding steroid dienone is 2. The second kappa shape index (κ2) is 4.94. The molecular formula is C15H18ClNO. The Balaban J connectivity index is 1.91. The van der Waals surface area contributed by atoms with Crippen LogP contribution in [-0.2, 0) is 0 Å². The van der Waals surface area contributed by atoms with Gasteiger partial charge in [0, 0.05) is 29.3 Å². The lowest BCUT2D eigenvalue weighted by atomic mass is 9.78. The van der Waals surface area contributed by atoms with Crippen LogP contribution >= 0.6 is 11.6 Å². The predicted molar refractivity (Wildman–Crippen MR) is 75.2 cm³/mol. The number of hydrogen-bond acceptors (Lipinski definition) is 2. The van der Waals surface area contributed by atoms with Crippen molar-refractivity contribution in [1.29, 1.82) is 0 Å². The molecule has 18 heavy (non-hydrogen) atoms. The summed E-state index contributed by atoms with van der Waals surface area (Å²) >= 11 is 6.10. The molecule has 0 spiro atoms. The molecule has 3 heteroatoms. The molecule has 0 fully saturated rings. The lowest BCUT2D eigenvalue weighted by Gasteiger charge is -2.37. The molecule has 0 unspecified atom stereocenters. The maximum absolute atomic E-state index is 9.01. The summed E-state index contributed by atoms with van der Waals surface area (Å²) in [7, 11) is 0. The molecule has 3 atom stereocenters. The smallest absolute Gasteiger partial charge is 0.0431 e. The molecule has 3 rings (SSSR count). The highest BCUT2D eigenvalue weighted by atomic mass is 35.5. The summed E-state index contributed by atoms with van der Waals surface area (Å²) in [5.41, 5.74) is 2.52. The van der Waals surface area contributed by atoms with E-state index in [-0.39, 0.29) is 6.61 Å². The summed E-state index contributed by atoms with van der Waals surface area (Å²) in [6.07, 6.45) is 7.61. The molecule has 0 radical (unpaired) electrons. The van der Waals surface area contributed by atoms with Gasteiger partial charge in [0.05, 0.1) is 0 Å². The molecule has 96 valence electrons. The fourth-order valence-corrected chi connectivity index (χ4v) is 3.45. The standard InChI is InChI=1S/C15H18ClNO/c16-10-6-7-15-13(9-10)11-3-1-4-12(11)14(17-15)5-2-8-18/h1,3,6-7,9,11-12,14,17-18H,2,4-5,8H2/t11-,12+,14+/m0/s1. The van der Waals surface area contributed by atoms with Crippen molar-refractivity contribution in [2.75, 3.05) is 11.9 Å². The van der Waals surface area contributed by atoms with Gasteiger partial charge in [-0.25, -0.2) is 0 Å². The van der Waals surface area contributed by atoms with Crippen LogP contribution in [-0.4, -0.2) is 17.8 Å². The van der Waals surface area contributed by atoms with Gasteiger partial charge in [-0.15, -0.1) is 0 Å². The normalized spacial score (nSPS) is 28.7. The van der Waals surface area contributed by atoms with Crippen LogP contribution in [0.15, 0.2) is 30.4 Å². The molecule has 2 nitrogen and oxygen atoms in total. The summed E-state index contributed by atoms with van der Waals surface area (Å²) in [5, 5.41) is 13.4. The minimum Gasteiger partial charge on any atom is -0.396 e. The van der Waals surface area contributed by atoms with Crippen LogP contribution in [0.2, 0.25) is 5.02 Å². The van der Waals surface area contributed by atoms with Crippen LogP contribution in [0.4, 0.5) is 5.69 Å². The van der Waals surface area contributed by atoms with E-state index in [4.69, 9.17) is 16.7 Å². The number of nitrogens with one attached hydrogen (secondary N) is 1. The lowest BCUT2D eigenvalue weighted by Crippen LogP contribution is -2.35. The fourth-order valence-electron chi connectivity index (χ4n) is 3.27. The zero-order valence-corrected chi connectivity index (χ0v) is 11.0. The van der Waals surface area contributed by atoms with Crippen molar-refractivity contribution < 1.29 is 5.11 Å². The van der Waals surface area contributed by atoms with Crippen LogP contribution in [0.1, 0.15) is 30.7 Å². The summed E-state index contributed by atoms with van der Waals surface area (Å²) in [4.78, 5) is 0. The second-order valence-corrected chi connectivity index (χ2v) is 5.64. The number of fused-ring (bicyclic) bond motifs is 3. The summed E-state index contributed by atoms with van der Waals surface area (Å²) in [6, 6.07) is 6.56. The van der Waals surface area contributed by atoms with Gasteiger partial charge in [0.15, 0.2) is 0 Å². The third-order valence-corrected chi connectivity index (χ3v) is 4.35. The minimum atomic E-state index is 0.274. The third-order valence-electron chi connectivity index (χ3n) is 4.12. The molecule has 0 bridgehead atoms. The Hall–Kier alpha value is -0.990. The van der Waals surface area contributed by atoms with E-state index in [1.807, 2.05) is 6.07 Å². The van der Waals surface area contributed by atoms with Crippen LogP contribution in [0.25, 0.3) is 0 Å².